The lowest BCUT2D eigenvalue weighted by molar-refractivity contribution is -0.136. The summed E-state index contributed by atoms with van der Waals surface area (Å²) in [7, 11) is 1.27. The van der Waals surface area contributed by atoms with E-state index in [0.717, 1.165) is 11.3 Å². The molecule has 2 N–H and O–H groups in total. The van der Waals surface area contributed by atoms with Crippen LogP contribution in [0, 0.1) is 6.92 Å². The Labute approximate surface area is 173 Å². The highest BCUT2D eigenvalue weighted by Crippen LogP contribution is 2.41. The van der Waals surface area contributed by atoms with Gasteiger partial charge in [-0.3, -0.25) is 9.78 Å². The van der Waals surface area contributed by atoms with Crippen LogP contribution in [0.1, 0.15) is 28.4 Å². The van der Waals surface area contributed by atoms with Crippen molar-refractivity contribution in [3.8, 4) is 5.75 Å². The first kappa shape index (κ1) is 19.4. The molecule has 0 saturated carbocycles. The Kier molecular flexibility index (Phi) is 5.10. The van der Waals surface area contributed by atoms with Crippen LogP contribution in [0.15, 0.2) is 77.0 Å². The van der Waals surface area contributed by atoms with Gasteiger partial charge in [-0.1, -0.05) is 36.4 Å². The van der Waals surface area contributed by atoms with E-state index in [1.807, 2.05) is 55.5 Å². The summed E-state index contributed by atoms with van der Waals surface area (Å²) in [6.07, 6.45) is 1.68. The maximum absolute atomic E-state index is 13.6. The minimum Gasteiger partial charge on any atom is -0.465 e. The lowest BCUT2D eigenvalue weighted by Gasteiger charge is -2.29. The van der Waals surface area contributed by atoms with Gasteiger partial charge in [0.15, 0.2) is 0 Å². The molecule has 0 radical (unpaired) electrons. The molecule has 0 bridgehead atoms. The summed E-state index contributed by atoms with van der Waals surface area (Å²) >= 11 is 0. The van der Waals surface area contributed by atoms with Crippen molar-refractivity contribution >= 4 is 5.97 Å². The van der Waals surface area contributed by atoms with Crippen molar-refractivity contribution in [3.63, 3.8) is 0 Å². The first-order chi connectivity index (χ1) is 14.5. The number of nitrogens with two attached hydrogens (primary N) is 1. The summed E-state index contributed by atoms with van der Waals surface area (Å²) in [6, 6.07) is 16.5. The summed E-state index contributed by atoms with van der Waals surface area (Å²) < 4.78 is 12.3. The van der Waals surface area contributed by atoms with Gasteiger partial charge in [-0.15, -0.1) is 0 Å². The molecule has 0 saturated heterocycles. The van der Waals surface area contributed by atoms with Crippen molar-refractivity contribution in [3.05, 3.63) is 105 Å². The molecule has 1 aliphatic heterocycles. The minimum atomic E-state index is -0.703. The standard InChI is InChI=1S/C23H21N3O4/c1-14-12-17-19(22(27)26(14)13-16-10-6-7-11-25-16)18(15-8-4-3-5-9-15)20(21(24)30-17)23(28)29-2/h3-12,18H,13,24H2,1-2H3/t18-/m1/s1. The predicted molar refractivity (Wildman–Crippen MR) is 111 cm³/mol. The predicted octanol–water partition coefficient (Wildman–Crippen LogP) is 2.47. The molecule has 2 aromatic heterocycles. The fourth-order valence-corrected chi connectivity index (χ4v) is 3.72. The van der Waals surface area contributed by atoms with Crippen LogP contribution in [0.4, 0.5) is 0 Å². The van der Waals surface area contributed by atoms with E-state index in [4.69, 9.17) is 15.2 Å². The van der Waals surface area contributed by atoms with E-state index < -0.39 is 11.9 Å². The van der Waals surface area contributed by atoms with Crippen molar-refractivity contribution in [2.75, 3.05) is 7.11 Å². The Hall–Kier alpha value is -3.87. The van der Waals surface area contributed by atoms with Gasteiger partial charge < -0.3 is 19.8 Å². The van der Waals surface area contributed by atoms with E-state index in [2.05, 4.69) is 4.98 Å². The summed E-state index contributed by atoms with van der Waals surface area (Å²) in [5.41, 5.74) is 8.48. The number of pyridine rings is 2. The number of esters is 1. The number of ether oxygens (including phenoxy) is 2. The Morgan fingerprint density at radius 3 is 2.60 bits per heavy atom. The Balaban J connectivity index is 1.94. The maximum Gasteiger partial charge on any atom is 0.340 e. The quantitative estimate of drug-likeness (QED) is 0.673. The van der Waals surface area contributed by atoms with E-state index in [1.165, 1.54) is 7.11 Å². The van der Waals surface area contributed by atoms with Crippen molar-refractivity contribution in [2.45, 2.75) is 19.4 Å². The molecule has 0 fully saturated rings. The molecule has 3 aromatic rings. The molecule has 1 aromatic carbocycles. The zero-order valence-corrected chi connectivity index (χ0v) is 16.7. The number of aromatic nitrogens is 2. The monoisotopic (exact) mass is 403 g/mol. The third-order valence-electron chi connectivity index (χ3n) is 5.15. The molecule has 30 heavy (non-hydrogen) atoms. The van der Waals surface area contributed by atoms with Crippen LogP contribution in [0.3, 0.4) is 0 Å². The van der Waals surface area contributed by atoms with E-state index in [9.17, 15) is 9.59 Å². The number of hydrogen-bond acceptors (Lipinski definition) is 6. The van der Waals surface area contributed by atoms with Crippen LogP contribution in [0.25, 0.3) is 0 Å². The summed E-state index contributed by atoms with van der Waals surface area (Å²) in [5, 5.41) is 0. The zero-order chi connectivity index (χ0) is 21.3. The number of carbonyl (C=O) groups excluding carboxylic acids is 1. The van der Waals surface area contributed by atoms with E-state index >= 15 is 0 Å². The van der Waals surface area contributed by atoms with E-state index in [0.29, 0.717) is 23.6 Å². The van der Waals surface area contributed by atoms with Crippen LogP contribution in [-0.4, -0.2) is 22.6 Å². The molecule has 0 unspecified atom stereocenters. The van der Waals surface area contributed by atoms with Gasteiger partial charge in [0.25, 0.3) is 5.56 Å². The van der Waals surface area contributed by atoms with Gasteiger partial charge in [0.1, 0.15) is 11.3 Å². The molecule has 4 rings (SSSR count). The van der Waals surface area contributed by atoms with Gasteiger partial charge in [0.2, 0.25) is 5.88 Å². The number of nitrogens with zero attached hydrogens (tertiary/aromatic N) is 2. The molecule has 0 spiro atoms. The summed E-state index contributed by atoms with van der Waals surface area (Å²) in [5.74, 6) is -1.06. The molecule has 1 aliphatic rings. The smallest absolute Gasteiger partial charge is 0.340 e. The summed E-state index contributed by atoms with van der Waals surface area (Å²) in [4.78, 5) is 30.5. The lowest BCUT2D eigenvalue weighted by Crippen LogP contribution is -2.35. The van der Waals surface area contributed by atoms with Crippen LogP contribution >= 0.6 is 0 Å². The molecule has 0 aliphatic carbocycles. The topological polar surface area (TPSA) is 96.4 Å². The van der Waals surface area contributed by atoms with Crippen LogP contribution in [0.2, 0.25) is 0 Å². The fraction of sp³-hybridized carbons (Fsp3) is 0.174. The number of benzene rings is 1. The number of aryl methyl sites for hydroxylation is 1. The molecule has 152 valence electrons. The largest absolute Gasteiger partial charge is 0.465 e. The lowest BCUT2D eigenvalue weighted by atomic mass is 9.83. The van der Waals surface area contributed by atoms with E-state index in [1.54, 1.807) is 16.8 Å². The molecule has 7 heteroatoms. The Morgan fingerprint density at radius 2 is 1.93 bits per heavy atom. The van der Waals surface area contributed by atoms with Crippen molar-refractivity contribution in [1.82, 2.24) is 9.55 Å². The second-order valence-corrected chi connectivity index (χ2v) is 6.99. The van der Waals surface area contributed by atoms with Gasteiger partial charge in [-0.25, -0.2) is 4.79 Å². The van der Waals surface area contributed by atoms with Gasteiger partial charge in [-0.2, -0.15) is 0 Å². The normalized spacial score (nSPS) is 15.3. The Bertz CT molecular complexity index is 1180. The van der Waals surface area contributed by atoms with Crippen LogP contribution < -0.4 is 16.0 Å². The molecule has 1 atom stereocenters. The minimum absolute atomic E-state index is 0.0653. The third kappa shape index (κ3) is 3.34. The average Bonchev–Trinajstić information content (AvgIpc) is 2.76. The second kappa shape index (κ2) is 7.87. The van der Waals surface area contributed by atoms with Crippen molar-refractivity contribution in [1.29, 1.82) is 0 Å². The highest BCUT2D eigenvalue weighted by Gasteiger charge is 2.38. The average molecular weight is 403 g/mol. The van der Waals surface area contributed by atoms with Gasteiger partial charge >= 0.3 is 5.97 Å². The third-order valence-corrected chi connectivity index (χ3v) is 5.15. The SMILES string of the molecule is COC(=O)C1=C(N)Oc2cc(C)n(Cc3ccccn3)c(=O)c2[C@H]1c1ccccc1. The molecular weight excluding hydrogens is 382 g/mol. The van der Waals surface area contributed by atoms with Crippen LogP contribution in [-0.2, 0) is 16.1 Å². The van der Waals surface area contributed by atoms with Crippen molar-refractivity contribution < 1.29 is 14.3 Å². The van der Waals surface area contributed by atoms with Crippen LogP contribution in [0.5, 0.6) is 5.75 Å². The van der Waals surface area contributed by atoms with Crippen molar-refractivity contribution in [2.24, 2.45) is 5.73 Å². The van der Waals surface area contributed by atoms with E-state index in [-0.39, 0.29) is 17.0 Å². The Morgan fingerprint density at radius 1 is 1.20 bits per heavy atom. The highest BCUT2D eigenvalue weighted by atomic mass is 16.5. The zero-order valence-electron chi connectivity index (χ0n) is 16.7. The first-order valence-electron chi connectivity index (χ1n) is 9.46. The molecule has 7 nitrogen and oxygen atoms in total. The second-order valence-electron chi connectivity index (χ2n) is 6.99. The first-order valence-corrected chi connectivity index (χ1v) is 9.46. The number of rotatable bonds is 4. The number of carbonyl (C=O) groups is 1. The fourth-order valence-electron chi connectivity index (χ4n) is 3.72. The number of fused-ring (bicyclic) bond motifs is 1. The van der Waals surface area contributed by atoms with Gasteiger partial charge in [-0.05, 0) is 24.6 Å². The van der Waals surface area contributed by atoms with Gasteiger partial charge in [0.05, 0.1) is 30.8 Å². The number of hydrogen-bond donors (Lipinski definition) is 1. The molecular formula is C23H21N3O4. The number of methoxy groups -OCH3 is 1. The maximum atomic E-state index is 13.6. The van der Waals surface area contributed by atoms with Gasteiger partial charge in [0, 0.05) is 18.0 Å². The highest BCUT2D eigenvalue weighted by molar-refractivity contribution is 5.92. The molecule has 3 heterocycles. The molecule has 0 amide bonds. The summed E-state index contributed by atoms with van der Waals surface area (Å²) in [6.45, 7) is 2.12.